The molecule has 2 nitrogen and oxygen atoms in total. The van der Waals surface area contributed by atoms with E-state index in [9.17, 15) is 0 Å². The average molecular weight is 128 g/mol. The van der Waals surface area contributed by atoms with Gasteiger partial charge in [-0.15, -0.1) is 0 Å². The smallest absolute Gasteiger partial charge is 0.163 e. The minimum atomic E-state index is 0.128. The maximum Gasteiger partial charge on any atom is 0.163 e. The first-order valence-electron chi connectivity index (χ1n) is 3.42. The molecule has 0 aliphatic carbocycles. The fourth-order valence-corrected chi connectivity index (χ4v) is 0.870. The van der Waals surface area contributed by atoms with Crippen molar-refractivity contribution in [3.8, 4) is 0 Å². The molecule has 1 fully saturated rings. The summed E-state index contributed by atoms with van der Waals surface area (Å²) >= 11 is 0. The van der Waals surface area contributed by atoms with Gasteiger partial charge in [-0.3, -0.25) is 0 Å². The van der Waals surface area contributed by atoms with E-state index in [1.807, 2.05) is 6.92 Å². The Bertz CT molecular complexity index is 64.6. The second kappa shape index (κ2) is 3.85. The molecule has 2 radical (unpaired) electrons. The van der Waals surface area contributed by atoms with Crippen molar-refractivity contribution in [1.82, 2.24) is 0 Å². The van der Waals surface area contributed by atoms with Crippen LogP contribution in [0.1, 0.15) is 19.8 Å². The van der Waals surface area contributed by atoms with E-state index in [1.165, 1.54) is 0 Å². The Morgan fingerprint density at radius 1 is 1.78 bits per heavy atom. The van der Waals surface area contributed by atoms with Crippen molar-refractivity contribution in [2.45, 2.75) is 25.9 Å². The summed E-state index contributed by atoms with van der Waals surface area (Å²) < 4.78 is 10.2. The Morgan fingerprint density at radius 3 is 3.22 bits per heavy atom. The van der Waals surface area contributed by atoms with Crippen LogP contribution >= 0.6 is 0 Å². The molecule has 0 N–H and O–H groups in total. The fourth-order valence-electron chi connectivity index (χ4n) is 0.870. The zero-order chi connectivity index (χ0) is 6.53. The predicted octanol–water partition coefficient (Wildman–Crippen LogP) is 1.24. The molecule has 0 spiro atoms. The highest BCUT2D eigenvalue weighted by Crippen LogP contribution is 2.12. The third kappa shape index (κ3) is 2.33. The minimum absolute atomic E-state index is 0.128. The van der Waals surface area contributed by atoms with E-state index in [-0.39, 0.29) is 6.10 Å². The van der Waals surface area contributed by atoms with Crippen LogP contribution in [0.15, 0.2) is 0 Å². The zero-order valence-electron chi connectivity index (χ0n) is 5.72. The Hall–Kier alpha value is -0.0800. The lowest BCUT2D eigenvalue weighted by Gasteiger charge is -2.19. The fraction of sp³-hybridized carbons (Fsp3) is 0.857. The Morgan fingerprint density at radius 2 is 2.67 bits per heavy atom. The number of rotatable bonds is 2. The van der Waals surface area contributed by atoms with Crippen molar-refractivity contribution in [3.05, 3.63) is 6.61 Å². The molecule has 0 amide bonds. The topological polar surface area (TPSA) is 18.5 Å². The molecular formula is C7H12O2. The van der Waals surface area contributed by atoms with E-state index in [4.69, 9.17) is 9.47 Å². The van der Waals surface area contributed by atoms with Gasteiger partial charge in [0.05, 0.1) is 6.10 Å². The van der Waals surface area contributed by atoms with Gasteiger partial charge in [0.15, 0.2) is 6.61 Å². The van der Waals surface area contributed by atoms with E-state index in [0.717, 1.165) is 26.1 Å². The van der Waals surface area contributed by atoms with Gasteiger partial charge in [0, 0.05) is 13.2 Å². The summed E-state index contributed by atoms with van der Waals surface area (Å²) in [6.07, 6.45) is 2.29. The lowest BCUT2D eigenvalue weighted by atomic mass is 10.2. The molecule has 52 valence electrons. The van der Waals surface area contributed by atoms with Crippen LogP contribution < -0.4 is 0 Å². The first kappa shape index (κ1) is 7.03. The molecule has 0 bridgehead atoms. The van der Waals surface area contributed by atoms with Gasteiger partial charge in [-0.2, -0.15) is 0 Å². The highest BCUT2D eigenvalue weighted by Gasteiger charge is 2.14. The van der Waals surface area contributed by atoms with E-state index >= 15 is 0 Å². The zero-order valence-corrected chi connectivity index (χ0v) is 5.72. The van der Waals surface area contributed by atoms with Crippen molar-refractivity contribution in [2.24, 2.45) is 0 Å². The maximum atomic E-state index is 5.25. The Balaban J connectivity index is 2.08. The molecule has 1 unspecified atom stereocenters. The van der Waals surface area contributed by atoms with Crippen LogP contribution in [-0.4, -0.2) is 19.3 Å². The van der Waals surface area contributed by atoms with E-state index in [0.29, 0.717) is 0 Å². The van der Waals surface area contributed by atoms with Crippen molar-refractivity contribution in [2.75, 3.05) is 13.2 Å². The first-order valence-corrected chi connectivity index (χ1v) is 3.42. The van der Waals surface area contributed by atoms with Crippen LogP contribution in [0.4, 0.5) is 0 Å². The molecule has 9 heavy (non-hydrogen) atoms. The molecule has 0 aromatic heterocycles. The molecule has 0 saturated carbocycles. The number of hydrogen-bond acceptors (Lipinski definition) is 2. The summed E-state index contributed by atoms with van der Waals surface area (Å²) in [7, 11) is 0. The van der Waals surface area contributed by atoms with Crippen LogP contribution in [0.25, 0.3) is 0 Å². The first-order chi connectivity index (χ1) is 4.43. The quantitative estimate of drug-likeness (QED) is 0.557. The van der Waals surface area contributed by atoms with Crippen molar-refractivity contribution < 1.29 is 9.47 Å². The third-order valence-corrected chi connectivity index (χ3v) is 1.30. The highest BCUT2D eigenvalue weighted by atomic mass is 16.5. The second-order valence-corrected chi connectivity index (χ2v) is 2.05. The molecule has 1 aliphatic rings. The molecule has 1 saturated heterocycles. The van der Waals surface area contributed by atoms with E-state index < -0.39 is 0 Å². The monoisotopic (exact) mass is 128 g/mol. The summed E-state index contributed by atoms with van der Waals surface area (Å²) in [5.74, 6) is 0. The lowest BCUT2D eigenvalue weighted by Crippen LogP contribution is -2.20. The van der Waals surface area contributed by atoms with Gasteiger partial charge in [0.1, 0.15) is 0 Å². The Labute approximate surface area is 56.2 Å². The van der Waals surface area contributed by atoms with Crippen molar-refractivity contribution >= 4 is 0 Å². The SMILES string of the molecule is CCOC1[C]OCCC1. The summed E-state index contributed by atoms with van der Waals surface area (Å²) in [6, 6.07) is 0. The maximum absolute atomic E-state index is 5.25. The van der Waals surface area contributed by atoms with Gasteiger partial charge in [-0.1, -0.05) is 0 Å². The summed E-state index contributed by atoms with van der Waals surface area (Å²) in [4.78, 5) is 0. The highest BCUT2D eigenvalue weighted by molar-refractivity contribution is 4.71. The summed E-state index contributed by atoms with van der Waals surface area (Å²) in [5, 5.41) is 0. The summed E-state index contributed by atoms with van der Waals surface area (Å²) in [6.45, 7) is 6.34. The summed E-state index contributed by atoms with van der Waals surface area (Å²) in [5.41, 5.74) is 0. The van der Waals surface area contributed by atoms with E-state index in [2.05, 4.69) is 6.61 Å². The number of hydrogen-bond donors (Lipinski definition) is 0. The van der Waals surface area contributed by atoms with Gasteiger partial charge in [0.25, 0.3) is 0 Å². The molecule has 2 heteroatoms. The number of ether oxygens (including phenoxy) is 2. The van der Waals surface area contributed by atoms with Gasteiger partial charge in [0.2, 0.25) is 0 Å². The standard InChI is InChI=1S/C7H12O2/c1-2-9-7-4-3-5-8-6-7/h7H,2-5H2,1H3. The van der Waals surface area contributed by atoms with Crippen molar-refractivity contribution in [1.29, 1.82) is 0 Å². The average Bonchev–Trinajstić information content (AvgIpc) is 1.91. The van der Waals surface area contributed by atoms with Crippen LogP contribution in [-0.2, 0) is 9.47 Å². The minimum Gasteiger partial charge on any atom is -0.375 e. The predicted molar refractivity (Wildman–Crippen MR) is 33.8 cm³/mol. The van der Waals surface area contributed by atoms with E-state index in [1.54, 1.807) is 0 Å². The van der Waals surface area contributed by atoms with Crippen molar-refractivity contribution in [3.63, 3.8) is 0 Å². The Kier molecular flexibility index (Phi) is 3.01. The molecule has 1 heterocycles. The van der Waals surface area contributed by atoms with Crippen LogP contribution in [0.2, 0.25) is 0 Å². The third-order valence-electron chi connectivity index (χ3n) is 1.30. The molecule has 1 atom stereocenters. The molecular weight excluding hydrogens is 116 g/mol. The van der Waals surface area contributed by atoms with Gasteiger partial charge in [-0.25, -0.2) is 0 Å². The normalized spacial score (nSPS) is 28.3. The van der Waals surface area contributed by atoms with Crippen LogP contribution in [0.3, 0.4) is 0 Å². The van der Waals surface area contributed by atoms with Gasteiger partial charge >= 0.3 is 0 Å². The second-order valence-electron chi connectivity index (χ2n) is 2.05. The molecule has 1 rings (SSSR count). The molecule has 0 aromatic rings. The van der Waals surface area contributed by atoms with Crippen LogP contribution in [0, 0.1) is 6.61 Å². The lowest BCUT2D eigenvalue weighted by molar-refractivity contribution is -0.00511. The largest absolute Gasteiger partial charge is 0.375 e. The van der Waals surface area contributed by atoms with Crippen LogP contribution in [0.5, 0.6) is 0 Å². The van der Waals surface area contributed by atoms with Gasteiger partial charge in [-0.05, 0) is 19.8 Å². The molecule has 1 aliphatic heterocycles. The molecule has 0 aromatic carbocycles. The van der Waals surface area contributed by atoms with Gasteiger partial charge < -0.3 is 9.47 Å².